The fourth-order valence-corrected chi connectivity index (χ4v) is 2.29. The van der Waals surface area contributed by atoms with Crippen LogP contribution in [0.1, 0.15) is 28.9 Å². The zero-order chi connectivity index (χ0) is 13.0. The van der Waals surface area contributed by atoms with Crippen LogP contribution < -0.4 is 5.32 Å². The number of carbonyl (C=O) groups is 1. The number of nitrogens with zero attached hydrogens (tertiary/aromatic N) is 1. The second-order valence-electron chi connectivity index (χ2n) is 3.96. The first-order chi connectivity index (χ1) is 8.68. The summed E-state index contributed by atoms with van der Waals surface area (Å²) < 4.78 is 0.953. The molecule has 0 spiro atoms. The monoisotopic (exact) mass is 352 g/mol. The summed E-state index contributed by atoms with van der Waals surface area (Å²) in [7, 11) is 0. The number of rotatable bonds is 3. The molecule has 1 aromatic heterocycles. The van der Waals surface area contributed by atoms with E-state index < -0.39 is 0 Å². The first-order valence-corrected chi connectivity index (χ1v) is 6.71. The van der Waals surface area contributed by atoms with Crippen LogP contribution in [-0.4, -0.2) is 10.9 Å². The van der Waals surface area contributed by atoms with E-state index in [-0.39, 0.29) is 11.9 Å². The summed E-state index contributed by atoms with van der Waals surface area (Å²) in [6.07, 6.45) is 3.45. The summed E-state index contributed by atoms with van der Waals surface area (Å²) in [5, 5.41) is 2.98. The van der Waals surface area contributed by atoms with Crippen molar-refractivity contribution in [1.29, 1.82) is 0 Å². The number of nitrogens with one attached hydrogen (secondary N) is 1. The number of aromatic nitrogens is 1. The van der Waals surface area contributed by atoms with Crippen molar-refractivity contribution in [3.8, 4) is 0 Å². The van der Waals surface area contributed by atoms with Crippen molar-refractivity contribution in [2.45, 2.75) is 13.0 Å². The first-order valence-electron chi connectivity index (χ1n) is 5.64. The topological polar surface area (TPSA) is 42.0 Å². The van der Waals surface area contributed by atoms with Crippen molar-refractivity contribution in [3.05, 3.63) is 63.5 Å². The van der Waals surface area contributed by atoms with Crippen LogP contribution in [0, 0.1) is 3.57 Å². The summed E-state index contributed by atoms with van der Waals surface area (Å²) in [6.45, 7) is 1.96. The maximum Gasteiger partial charge on any atom is 0.252 e. The van der Waals surface area contributed by atoms with Crippen molar-refractivity contribution in [1.82, 2.24) is 10.3 Å². The molecule has 2 rings (SSSR count). The molecule has 0 fully saturated rings. The van der Waals surface area contributed by atoms with Gasteiger partial charge in [-0.05, 0) is 59.3 Å². The lowest BCUT2D eigenvalue weighted by molar-refractivity contribution is 0.0939. The highest BCUT2D eigenvalue weighted by Gasteiger charge is 2.13. The van der Waals surface area contributed by atoms with Gasteiger partial charge >= 0.3 is 0 Å². The standard InChI is InChI=1S/C14H13IN2O/c1-10(11-6-8-16-9-7-11)17-14(18)12-4-2-3-5-13(12)15/h2-10H,1H3,(H,17,18). The summed E-state index contributed by atoms with van der Waals surface area (Å²) in [5.41, 5.74) is 1.75. The van der Waals surface area contributed by atoms with Gasteiger partial charge in [-0.25, -0.2) is 0 Å². The Labute approximate surface area is 120 Å². The second-order valence-corrected chi connectivity index (χ2v) is 5.12. The zero-order valence-corrected chi connectivity index (χ0v) is 12.1. The predicted octanol–water partition coefficient (Wildman–Crippen LogP) is 3.18. The number of hydrogen-bond donors (Lipinski definition) is 1. The fraction of sp³-hybridized carbons (Fsp3) is 0.143. The normalized spacial score (nSPS) is 11.9. The van der Waals surface area contributed by atoms with Gasteiger partial charge in [-0.1, -0.05) is 12.1 Å². The van der Waals surface area contributed by atoms with Gasteiger partial charge in [-0.3, -0.25) is 9.78 Å². The maximum atomic E-state index is 12.1. The van der Waals surface area contributed by atoms with E-state index in [1.807, 2.05) is 43.3 Å². The van der Waals surface area contributed by atoms with Crippen molar-refractivity contribution < 1.29 is 4.79 Å². The minimum Gasteiger partial charge on any atom is -0.345 e. The van der Waals surface area contributed by atoms with Gasteiger partial charge in [0.15, 0.2) is 0 Å². The molecule has 1 aromatic carbocycles. The second kappa shape index (κ2) is 5.95. The van der Waals surface area contributed by atoms with Gasteiger partial charge in [-0.15, -0.1) is 0 Å². The van der Waals surface area contributed by atoms with Gasteiger partial charge < -0.3 is 5.32 Å². The zero-order valence-electron chi connectivity index (χ0n) is 9.93. The third-order valence-corrected chi connectivity index (χ3v) is 3.61. The van der Waals surface area contributed by atoms with Gasteiger partial charge in [0.05, 0.1) is 11.6 Å². The van der Waals surface area contributed by atoms with Crippen LogP contribution in [0.3, 0.4) is 0 Å². The molecule has 0 radical (unpaired) electrons. The average molecular weight is 352 g/mol. The van der Waals surface area contributed by atoms with Crippen molar-refractivity contribution in [2.24, 2.45) is 0 Å². The van der Waals surface area contributed by atoms with E-state index in [1.165, 1.54) is 0 Å². The number of hydrogen-bond acceptors (Lipinski definition) is 2. The van der Waals surface area contributed by atoms with Crippen LogP contribution in [0.15, 0.2) is 48.8 Å². The number of benzene rings is 1. The molecule has 0 bridgehead atoms. The molecule has 1 amide bonds. The maximum absolute atomic E-state index is 12.1. The van der Waals surface area contributed by atoms with Crippen LogP contribution in [0.25, 0.3) is 0 Å². The van der Waals surface area contributed by atoms with Crippen LogP contribution in [-0.2, 0) is 0 Å². The lowest BCUT2D eigenvalue weighted by Gasteiger charge is -2.14. The minimum atomic E-state index is -0.0516. The highest BCUT2D eigenvalue weighted by Crippen LogP contribution is 2.15. The minimum absolute atomic E-state index is 0.0310. The van der Waals surface area contributed by atoms with E-state index in [2.05, 4.69) is 32.9 Å². The summed E-state index contributed by atoms with van der Waals surface area (Å²) in [5.74, 6) is -0.0516. The molecular weight excluding hydrogens is 339 g/mol. The third kappa shape index (κ3) is 3.07. The third-order valence-electron chi connectivity index (χ3n) is 2.67. The average Bonchev–Trinajstić information content (AvgIpc) is 2.40. The molecular formula is C14H13IN2O. The molecule has 0 aliphatic heterocycles. The molecule has 4 heteroatoms. The van der Waals surface area contributed by atoms with Gasteiger partial charge in [0, 0.05) is 16.0 Å². The molecule has 18 heavy (non-hydrogen) atoms. The number of pyridine rings is 1. The Morgan fingerprint density at radius 1 is 1.22 bits per heavy atom. The van der Waals surface area contributed by atoms with Crippen LogP contribution >= 0.6 is 22.6 Å². The van der Waals surface area contributed by atoms with E-state index in [4.69, 9.17) is 0 Å². The molecule has 1 unspecified atom stereocenters. The molecule has 0 aliphatic carbocycles. The van der Waals surface area contributed by atoms with Crippen molar-refractivity contribution >= 4 is 28.5 Å². The summed E-state index contributed by atoms with van der Waals surface area (Å²) in [4.78, 5) is 16.1. The number of carbonyl (C=O) groups excluding carboxylic acids is 1. The van der Waals surface area contributed by atoms with Crippen LogP contribution in [0.2, 0.25) is 0 Å². The van der Waals surface area contributed by atoms with E-state index in [0.29, 0.717) is 5.56 Å². The Hall–Kier alpha value is -1.43. The Kier molecular flexibility index (Phi) is 4.30. The van der Waals surface area contributed by atoms with E-state index in [0.717, 1.165) is 9.13 Å². The van der Waals surface area contributed by atoms with Gasteiger partial charge in [0.25, 0.3) is 5.91 Å². The molecule has 0 saturated heterocycles. The largest absolute Gasteiger partial charge is 0.345 e. The van der Waals surface area contributed by atoms with Gasteiger partial charge in [0.1, 0.15) is 0 Å². The van der Waals surface area contributed by atoms with Crippen molar-refractivity contribution in [3.63, 3.8) is 0 Å². The molecule has 0 saturated carbocycles. The number of halogens is 1. The van der Waals surface area contributed by atoms with Crippen LogP contribution in [0.5, 0.6) is 0 Å². The van der Waals surface area contributed by atoms with Crippen molar-refractivity contribution in [2.75, 3.05) is 0 Å². The molecule has 2 aromatic rings. The molecule has 3 nitrogen and oxygen atoms in total. The Bertz CT molecular complexity index is 543. The highest BCUT2D eigenvalue weighted by molar-refractivity contribution is 14.1. The Morgan fingerprint density at radius 2 is 1.89 bits per heavy atom. The van der Waals surface area contributed by atoms with E-state index >= 15 is 0 Å². The molecule has 92 valence electrons. The fourth-order valence-electron chi connectivity index (χ4n) is 1.66. The van der Waals surface area contributed by atoms with Crippen LogP contribution in [0.4, 0.5) is 0 Å². The lowest BCUT2D eigenvalue weighted by atomic mass is 10.1. The molecule has 1 N–H and O–H groups in total. The molecule has 1 heterocycles. The highest BCUT2D eigenvalue weighted by atomic mass is 127. The van der Waals surface area contributed by atoms with Gasteiger partial charge in [-0.2, -0.15) is 0 Å². The molecule has 0 aliphatic rings. The Balaban J connectivity index is 2.11. The van der Waals surface area contributed by atoms with E-state index in [9.17, 15) is 4.79 Å². The lowest BCUT2D eigenvalue weighted by Crippen LogP contribution is -2.27. The summed E-state index contributed by atoms with van der Waals surface area (Å²) >= 11 is 2.17. The predicted molar refractivity (Wildman–Crippen MR) is 79.3 cm³/mol. The Morgan fingerprint density at radius 3 is 2.56 bits per heavy atom. The van der Waals surface area contributed by atoms with E-state index in [1.54, 1.807) is 12.4 Å². The summed E-state index contributed by atoms with van der Waals surface area (Å²) in [6, 6.07) is 11.3. The smallest absolute Gasteiger partial charge is 0.252 e. The molecule has 1 atom stereocenters. The number of amides is 1. The quantitative estimate of drug-likeness (QED) is 0.863. The first kappa shape index (κ1) is 13.0. The van der Waals surface area contributed by atoms with Gasteiger partial charge in [0.2, 0.25) is 0 Å². The SMILES string of the molecule is CC(NC(=O)c1ccccc1I)c1ccncc1.